The van der Waals surface area contributed by atoms with Crippen molar-refractivity contribution in [2.75, 3.05) is 13.1 Å². The van der Waals surface area contributed by atoms with Crippen LogP contribution >= 0.6 is 34.8 Å². The first-order valence-corrected chi connectivity index (χ1v) is 6.74. The number of carbonyl (C=O) groups excluding carboxylic acids is 2. The Morgan fingerprint density at radius 3 is 2.68 bits per heavy atom. The lowest BCUT2D eigenvalue weighted by Crippen LogP contribution is -2.33. The number of nitrogens with zero attached hydrogens (tertiary/aromatic N) is 1. The van der Waals surface area contributed by atoms with Crippen LogP contribution in [0, 0.1) is 0 Å². The zero-order valence-corrected chi connectivity index (χ0v) is 12.1. The Labute approximate surface area is 125 Å². The molecule has 19 heavy (non-hydrogen) atoms. The topological polar surface area (TPSA) is 46.6 Å². The zero-order valence-electron chi connectivity index (χ0n) is 9.79. The molecule has 0 bridgehead atoms. The van der Waals surface area contributed by atoms with E-state index in [-0.39, 0.29) is 28.2 Å². The Kier molecular flexibility index (Phi) is 4.55. The van der Waals surface area contributed by atoms with E-state index >= 15 is 0 Å². The van der Waals surface area contributed by atoms with Crippen LogP contribution in [-0.2, 0) is 9.59 Å². The van der Waals surface area contributed by atoms with Gasteiger partial charge in [0.2, 0.25) is 5.91 Å². The standard InChI is InChI=1S/C12H10Cl3NO3/c13-7-4-8(14)12(15)9(5-7)19-11(18)6-16-3-1-2-10(16)17/h4-5H,1-3,6H2. The number of likely N-dealkylation sites (tertiary alicyclic amines) is 1. The number of hydrogen-bond donors (Lipinski definition) is 0. The molecule has 1 saturated heterocycles. The summed E-state index contributed by atoms with van der Waals surface area (Å²) < 4.78 is 5.08. The van der Waals surface area contributed by atoms with Crippen molar-refractivity contribution in [1.82, 2.24) is 4.90 Å². The predicted octanol–water partition coefficient (Wildman–Crippen LogP) is 3.17. The van der Waals surface area contributed by atoms with Gasteiger partial charge in [-0.3, -0.25) is 4.79 Å². The van der Waals surface area contributed by atoms with Crippen molar-refractivity contribution in [3.05, 3.63) is 27.2 Å². The molecule has 2 rings (SSSR count). The van der Waals surface area contributed by atoms with Crippen molar-refractivity contribution in [3.8, 4) is 5.75 Å². The minimum absolute atomic E-state index is 0.0489. The molecule has 0 radical (unpaired) electrons. The molecule has 1 heterocycles. The molecule has 1 aromatic carbocycles. The number of hydrogen-bond acceptors (Lipinski definition) is 3. The Bertz CT molecular complexity index is 533. The van der Waals surface area contributed by atoms with Gasteiger partial charge in [0, 0.05) is 24.1 Å². The van der Waals surface area contributed by atoms with Crippen LogP contribution in [0.4, 0.5) is 0 Å². The summed E-state index contributed by atoms with van der Waals surface area (Å²) in [4.78, 5) is 24.6. The number of esters is 1. The fraction of sp³-hybridized carbons (Fsp3) is 0.333. The van der Waals surface area contributed by atoms with E-state index in [1.807, 2.05) is 0 Å². The van der Waals surface area contributed by atoms with Crippen LogP contribution in [-0.4, -0.2) is 29.9 Å². The van der Waals surface area contributed by atoms with E-state index in [2.05, 4.69) is 0 Å². The van der Waals surface area contributed by atoms with Crippen LogP contribution in [0.15, 0.2) is 12.1 Å². The smallest absolute Gasteiger partial charge is 0.331 e. The van der Waals surface area contributed by atoms with Crippen LogP contribution in [0.2, 0.25) is 15.1 Å². The number of ether oxygens (including phenoxy) is 1. The summed E-state index contributed by atoms with van der Waals surface area (Å²) in [5, 5.41) is 0.635. The molecular weight excluding hydrogens is 312 g/mol. The predicted molar refractivity (Wildman–Crippen MR) is 72.9 cm³/mol. The maximum absolute atomic E-state index is 11.7. The van der Waals surface area contributed by atoms with Gasteiger partial charge in [0.1, 0.15) is 11.6 Å². The van der Waals surface area contributed by atoms with E-state index in [1.165, 1.54) is 17.0 Å². The van der Waals surface area contributed by atoms with Crippen LogP contribution in [0.1, 0.15) is 12.8 Å². The summed E-state index contributed by atoms with van der Waals surface area (Å²) in [6, 6.07) is 2.85. The summed E-state index contributed by atoms with van der Waals surface area (Å²) in [7, 11) is 0. The highest BCUT2D eigenvalue weighted by molar-refractivity contribution is 6.44. The quantitative estimate of drug-likeness (QED) is 0.488. The van der Waals surface area contributed by atoms with E-state index in [4.69, 9.17) is 39.5 Å². The van der Waals surface area contributed by atoms with Gasteiger partial charge in [-0.05, 0) is 12.5 Å². The lowest BCUT2D eigenvalue weighted by molar-refractivity contribution is -0.140. The van der Waals surface area contributed by atoms with Gasteiger partial charge < -0.3 is 9.64 Å². The summed E-state index contributed by atoms with van der Waals surface area (Å²) in [5.74, 6) is -0.529. The van der Waals surface area contributed by atoms with E-state index in [0.29, 0.717) is 18.0 Å². The molecule has 0 atom stereocenters. The number of halogens is 3. The highest BCUT2D eigenvalue weighted by atomic mass is 35.5. The van der Waals surface area contributed by atoms with Gasteiger partial charge in [-0.25, -0.2) is 4.79 Å². The molecule has 0 unspecified atom stereocenters. The second kappa shape index (κ2) is 5.99. The third-order valence-electron chi connectivity index (χ3n) is 2.67. The first kappa shape index (κ1) is 14.4. The maximum Gasteiger partial charge on any atom is 0.331 e. The molecule has 1 fully saturated rings. The number of amides is 1. The van der Waals surface area contributed by atoms with Gasteiger partial charge in [0.15, 0.2) is 5.75 Å². The van der Waals surface area contributed by atoms with Crippen molar-refractivity contribution in [2.45, 2.75) is 12.8 Å². The molecule has 7 heteroatoms. The number of benzene rings is 1. The fourth-order valence-electron chi connectivity index (χ4n) is 1.79. The average molecular weight is 323 g/mol. The molecule has 0 spiro atoms. The molecular formula is C12H10Cl3NO3. The molecule has 1 aliphatic heterocycles. The first-order valence-electron chi connectivity index (χ1n) is 5.60. The van der Waals surface area contributed by atoms with Gasteiger partial charge in [0.05, 0.1) is 5.02 Å². The van der Waals surface area contributed by atoms with Crippen molar-refractivity contribution < 1.29 is 14.3 Å². The maximum atomic E-state index is 11.7. The van der Waals surface area contributed by atoms with Gasteiger partial charge in [-0.2, -0.15) is 0 Å². The summed E-state index contributed by atoms with van der Waals surface area (Å²) >= 11 is 17.5. The van der Waals surface area contributed by atoms with Crippen molar-refractivity contribution in [3.63, 3.8) is 0 Å². The highest BCUT2D eigenvalue weighted by Gasteiger charge is 2.23. The zero-order chi connectivity index (χ0) is 14.0. The van der Waals surface area contributed by atoms with Crippen molar-refractivity contribution in [2.24, 2.45) is 0 Å². The molecule has 1 aromatic rings. The largest absolute Gasteiger partial charge is 0.424 e. The summed E-state index contributed by atoms with van der Waals surface area (Å²) in [6.07, 6.45) is 1.23. The van der Waals surface area contributed by atoms with Crippen molar-refractivity contribution in [1.29, 1.82) is 0 Å². The Morgan fingerprint density at radius 2 is 2.05 bits per heavy atom. The third-order valence-corrected chi connectivity index (χ3v) is 3.68. The van der Waals surface area contributed by atoms with Gasteiger partial charge in [-0.15, -0.1) is 0 Å². The molecule has 0 aromatic heterocycles. The SMILES string of the molecule is O=C(CN1CCCC1=O)Oc1cc(Cl)cc(Cl)c1Cl. The first-order chi connectivity index (χ1) is 8.97. The fourth-order valence-corrected chi connectivity index (χ4v) is 2.41. The van der Waals surface area contributed by atoms with Gasteiger partial charge in [0.25, 0.3) is 0 Å². The van der Waals surface area contributed by atoms with Gasteiger partial charge >= 0.3 is 5.97 Å². The molecule has 0 saturated carbocycles. The monoisotopic (exact) mass is 321 g/mol. The minimum atomic E-state index is -0.574. The van der Waals surface area contributed by atoms with Gasteiger partial charge in [-0.1, -0.05) is 34.8 Å². The second-order valence-corrected chi connectivity index (χ2v) is 5.31. The van der Waals surface area contributed by atoms with E-state index in [9.17, 15) is 9.59 Å². The lowest BCUT2D eigenvalue weighted by Gasteiger charge is -2.15. The Hall–Kier alpha value is -0.970. The van der Waals surface area contributed by atoms with Crippen LogP contribution < -0.4 is 4.74 Å². The number of carbonyl (C=O) groups is 2. The minimum Gasteiger partial charge on any atom is -0.424 e. The molecule has 0 N–H and O–H groups in total. The van der Waals surface area contributed by atoms with E-state index < -0.39 is 5.97 Å². The van der Waals surface area contributed by atoms with E-state index in [1.54, 1.807) is 0 Å². The second-order valence-electron chi connectivity index (χ2n) is 4.09. The Morgan fingerprint density at radius 1 is 1.32 bits per heavy atom. The van der Waals surface area contributed by atoms with E-state index in [0.717, 1.165) is 6.42 Å². The average Bonchev–Trinajstić information content (AvgIpc) is 2.71. The molecule has 1 amide bonds. The summed E-state index contributed by atoms with van der Waals surface area (Å²) in [6.45, 7) is 0.470. The summed E-state index contributed by atoms with van der Waals surface area (Å²) in [5.41, 5.74) is 0. The third kappa shape index (κ3) is 3.53. The van der Waals surface area contributed by atoms with Crippen LogP contribution in [0.5, 0.6) is 5.75 Å². The molecule has 0 aliphatic carbocycles. The van der Waals surface area contributed by atoms with Crippen LogP contribution in [0.3, 0.4) is 0 Å². The normalized spacial score (nSPS) is 14.9. The Balaban J connectivity index is 2.05. The van der Waals surface area contributed by atoms with Crippen LogP contribution in [0.25, 0.3) is 0 Å². The lowest BCUT2D eigenvalue weighted by atomic mass is 10.3. The van der Waals surface area contributed by atoms with Crippen molar-refractivity contribution >= 4 is 46.7 Å². The molecule has 4 nitrogen and oxygen atoms in total. The highest BCUT2D eigenvalue weighted by Crippen LogP contribution is 2.35. The molecule has 1 aliphatic rings. The molecule has 102 valence electrons. The number of rotatable bonds is 3.